The van der Waals surface area contributed by atoms with Gasteiger partial charge in [-0.2, -0.15) is 0 Å². The maximum absolute atomic E-state index is 11.9. The summed E-state index contributed by atoms with van der Waals surface area (Å²) >= 11 is 0. The highest BCUT2D eigenvalue weighted by atomic mass is 16.5. The van der Waals surface area contributed by atoms with E-state index < -0.39 is 0 Å². The summed E-state index contributed by atoms with van der Waals surface area (Å²) in [5.41, 5.74) is 1.86. The predicted octanol–water partition coefficient (Wildman–Crippen LogP) is 2.42. The van der Waals surface area contributed by atoms with Gasteiger partial charge in [-0.15, -0.1) is 0 Å². The van der Waals surface area contributed by atoms with E-state index in [-0.39, 0.29) is 35.1 Å². The smallest absolute Gasteiger partial charge is 0.334 e. The number of esters is 1. The lowest BCUT2D eigenvalue weighted by Gasteiger charge is -2.47. The van der Waals surface area contributed by atoms with Gasteiger partial charge in [0.2, 0.25) is 0 Å². The van der Waals surface area contributed by atoms with Crippen LogP contribution in [-0.4, -0.2) is 17.9 Å². The van der Waals surface area contributed by atoms with E-state index >= 15 is 0 Å². The van der Waals surface area contributed by atoms with Crippen LogP contribution in [0, 0.1) is 17.3 Å². The molecule has 0 aromatic carbocycles. The highest BCUT2D eigenvalue weighted by Gasteiger charge is 2.53. The van der Waals surface area contributed by atoms with Gasteiger partial charge < -0.3 is 4.74 Å². The fourth-order valence-electron chi connectivity index (χ4n) is 3.78. The van der Waals surface area contributed by atoms with Gasteiger partial charge in [0.1, 0.15) is 6.10 Å². The molecule has 1 heterocycles. The molecule has 0 radical (unpaired) electrons. The van der Waals surface area contributed by atoms with E-state index in [0.717, 1.165) is 24.0 Å². The first-order valence-electron chi connectivity index (χ1n) is 6.58. The Morgan fingerprint density at radius 3 is 2.83 bits per heavy atom. The summed E-state index contributed by atoms with van der Waals surface area (Å²) in [6, 6.07) is 0. The number of allylic oxidation sites excluding steroid dienone is 2. The van der Waals surface area contributed by atoms with Gasteiger partial charge in [-0.05, 0) is 36.8 Å². The van der Waals surface area contributed by atoms with E-state index in [0.29, 0.717) is 0 Å². The molecule has 0 aromatic heterocycles. The number of ketones is 1. The molecule has 0 amide bonds. The zero-order valence-electron chi connectivity index (χ0n) is 11.0. The fourth-order valence-corrected chi connectivity index (χ4v) is 3.78. The number of ether oxygens (including phenoxy) is 1. The van der Waals surface area contributed by atoms with Crippen molar-refractivity contribution in [3.05, 3.63) is 23.3 Å². The summed E-state index contributed by atoms with van der Waals surface area (Å²) in [7, 11) is 0. The summed E-state index contributed by atoms with van der Waals surface area (Å²) in [4.78, 5) is 23.6. The van der Waals surface area contributed by atoms with Gasteiger partial charge in [-0.1, -0.05) is 19.9 Å². The van der Waals surface area contributed by atoms with Crippen LogP contribution in [0.25, 0.3) is 0 Å². The number of hydrogen-bond donors (Lipinski definition) is 0. The zero-order chi connectivity index (χ0) is 13.1. The minimum Gasteiger partial charge on any atom is -0.454 e. The molecule has 0 spiro atoms. The molecule has 3 rings (SSSR count). The first-order valence-corrected chi connectivity index (χ1v) is 6.58. The molecule has 1 saturated carbocycles. The van der Waals surface area contributed by atoms with Crippen LogP contribution in [0.5, 0.6) is 0 Å². The molecular formula is C15H18O3. The van der Waals surface area contributed by atoms with E-state index in [2.05, 4.69) is 6.92 Å². The summed E-state index contributed by atoms with van der Waals surface area (Å²) < 4.78 is 5.53. The average molecular weight is 246 g/mol. The number of carbonyl (C=O) groups excluding carboxylic acids is 2. The van der Waals surface area contributed by atoms with Crippen molar-refractivity contribution in [3.63, 3.8) is 0 Å². The number of rotatable bonds is 0. The van der Waals surface area contributed by atoms with Crippen molar-refractivity contribution >= 4 is 11.8 Å². The molecule has 3 aliphatic rings. The molecule has 0 bridgehead atoms. The van der Waals surface area contributed by atoms with Gasteiger partial charge in [0.15, 0.2) is 5.78 Å². The van der Waals surface area contributed by atoms with Gasteiger partial charge in [-0.3, -0.25) is 4.79 Å². The topological polar surface area (TPSA) is 43.4 Å². The molecule has 2 aliphatic carbocycles. The van der Waals surface area contributed by atoms with Crippen LogP contribution < -0.4 is 0 Å². The van der Waals surface area contributed by atoms with Gasteiger partial charge in [-0.25, -0.2) is 4.79 Å². The van der Waals surface area contributed by atoms with Crippen LogP contribution in [0.1, 0.15) is 33.6 Å². The molecule has 0 N–H and O–H groups in total. The number of hydrogen-bond acceptors (Lipinski definition) is 3. The summed E-state index contributed by atoms with van der Waals surface area (Å²) in [6.45, 7) is 5.97. The number of fused-ring (bicyclic) bond motifs is 3. The molecule has 0 saturated heterocycles. The Bertz CT molecular complexity index is 500. The third-order valence-electron chi connectivity index (χ3n) is 5.00. The third kappa shape index (κ3) is 1.36. The second-order valence-electron chi connectivity index (χ2n) is 6.03. The van der Waals surface area contributed by atoms with Gasteiger partial charge >= 0.3 is 5.97 Å². The van der Waals surface area contributed by atoms with E-state index in [9.17, 15) is 9.59 Å². The van der Waals surface area contributed by atoms with Crippen molar-refractivity contribution in [2.24, 2.45) is 17.3 Å². The Labute approximate surface area is 107 Å². The normalized spacial score (nSPS) is 42.7. The van der Waals surface area contributed by atoms with Crippen LogP contribution in [0.15, 0.2) is 23.3 Å². The highest BCUT2D eigenvalue weighted by Crippen LogP contribution is 2.53. The lowest BCUT2D eigenvalue weighted by molar-refractivity contribution is -0.147. The van der Waals surface area contributed by atoms with Crippen LogP contribution in [-0.2, 0) is 14.3 Å². The van der Waals surface area contributed by atoms with Crippen molar-refractivity contribution in [2.75, 3.05) is 0 Å². The third-order valence-corrected chi connectivity index (χ3v) is 5.00. The standard InChI is InChI=1S/C15H18O3/c1-8-10-4-6-15(3)7-5-11(16)9(2)12(15)13(10)18-14(8)17/h5,7,9,12-13H,4,6H2,1-3H3. The van der Waals surface area contributed by atoms with Crippen LogP contribution in [0.2, 0.25) is 0 Å². The quantitative estimate of drug-likeness (QED) is 0.616. The average Bonchev–Trinajstić information content (AvgIpc) is 2.60. The van der Waals surface area contributed by atoms with E-state index in [1.807, 2.05) is 19.9 Å². The minimum atomic E-state index is -0.201. The van der Waals surface area contributed by atoms with Crippen LogP contribution in [0.4, 0.5) is 0 Å². The molecule has 96 valence electrons. The minimum absolute atomic E-state index is 0.0214. The van der Waals surface area contributed by atoms with Crippen molar-refractivity contribution in [2.45, 2.75) is 39.7 Å². The van der Waals surface area contributed by atoms with E-state index in [4.69, 9.17) is 4.74 Å². The molecule has 1 fully saturated rings. The second kappa shape index (κ2) is 3.56. The summed E-state index contributed by atoms with van der Waals surface area (Å²) in [5, 5.41) is 0. The Morgan fingerprint density at radius 1 is 1.39 bits per heavy atom. The van der Waals surface area contributed by atoms with Crippen molar-refractivity contribution in [3.8, 4) is 0 Å². The van der Waals surface area contributed by atoms with Crippen molar-refractivity contribution < 1.29 is 14.3 Å². The molecule has 18 heavy (non-hydrogen) atoms. The molecule has 4 atom stereocenters. The molecule has 4 unspecified atom stereocenters. The molecule has 3 heteroatoms. The molecule has 3 nitrogen and oxygen atoms in total. The van der Waals surface area contributed by atoms with Crippen molar-refractivity contribution in [1.82, 2.24) is 0 Å². The molecule has 0 aromatic rings. The van der Waals surface area contributed by atoms with Crippen LogP contribution in [0.3, 0.4) is 0 Å². The van der Waals surface area contributed by atoms with E-state index in [1.54, 1.807) is 6.08 Å². The Kier molecular flexibility index (Phi) is 2.31. The maximum atomic E-state index is 11.9. The second-order valence-corrected chi connectivity index (χ2v) is 6.03. The molecular weight excluding hydrogens is 228 g/mol. The highest BCUT2D eigenvalue weighted by molar-refractivity contribution is 5.94. The van der Waals surface area contributed by atoms with Crippen molar-refractivity contribution in [1.29, 1.82) is 0 Å². The van der Waals surface area contributed by atoms with Crippen LogP contribution >= 0.6 is 0 Å². The largest absolute Gasteiger partial charge is 0.454 e. The molecule has 1 aliphatic heterocycles. The first-order chi connectivity index (χ1) is 8.44. The maximum Gasteiger partial charge on any atom is 0.334 e. The van der Waals surface area contributed by atoms with Gasteiger partial charge in [0, 0.05) is 17.4 Å². The summed E-state index contributed by atoms with van der Waals surface area (Å²) in [5.74, 6) is -0.0214. The van der Waals surface area contributed by atoms with Gasteiger partial charge in [0.25, 0.3) is 0 Å². The summed E-state index contributed by atoms with van der Waals surface area (Å²) in [6.07, 6.45) is 5.45. The predicted molar refractivity (Wildman–Crippen MR) is 66.7 cm³/mol. The van der Waals surface area contributed by atoms with E-state index in [1.165, 1.54) is 0 Å². The Hall–Kier alpha value is -1.38. The Morgan fingerprint density at radius 2 is 2.11 bits per heavy atom. The van der Waals surface area contributed by atoms with Gasteiger partial charge in [0.05, 0.1) is 0 Å². The fraction of sp³-hybridized carbons (Fsp3) is 0.600. The zero-order valence-corrected chi connectivity index (χ0v) is 11.0. The monoisotopic (exact) mass is 246 g/mol. The first kappa shape index (κ1) is 11.7. The SMILES string of the molecule is CC1=C2CCC3(C)C=CC(=O)C(C)C3C2OC1=O. The Balaban J connectivity index is 2.07. The lowest BCUT2D eigenvalue weighted by Crippen LogP contribution is -2.48. The number of carbonyl (C=O) groups is 2. The lowest BCUT2D eigenvalue weighted by atomic mass is 9.57.